The second kappa shape index (κ2) is 2.35. The fraction of sp³-hybridized carbons (Fsp3) is 0.909. The summed E-state index contributed by atoms with van der Waals surface area (Å²) in [6.45, 7) is 1.21. The van der Waals surface area contributed by atoms with Crippen LogP contribution in [0.2, 0.25) is 0 Å². The van der Waals surface area contributed by atoms with Gasteiger partial charge in [0, 0.05) is 18.9 Å². The van der Waals surface area contributed by atoms with Crippen LogP contribution in [-0.4, -0.2) is 30.3 Å². The Bertz CT molecular complexity index is 257. The zero-order valence-electron chi connectivity index (χ0n) is 8.25. The Morgan fingerprint density at radius 3 is 2.92 bits per heavy atom. The van der Waals surface area contributed by atoms with E-state index in [0.29, 0.717) is 17.2 Å². The van der Waals surface area contributed by atoms with Crippen molar-refractivity contribution >= 4 is 5.78 Å². The first-order valence-electron chi connectivity index (χ1n) is 5.43. The smallest absolute Gasteiger partial charge is 0.135 e. The maximum atomic E-state index is 11.6. The third-order valence-electron chi connectivity index (χ3n) is 4.49. The lowest BCUT2D eigenvalue weighted by atomic mass is 9.73. The molecule has 1 spiro atoms. The van der Waals surface area contributed by atoms with Gasteiger partial charge >= 0.3 is 0 Å². The zero-order chi connectivity index (χ0) is 9.05. The molecule has 0 aromatic carbocycles. The van der Waals surface area contributed by atoms with E-state index in [0.717, 1.165) is 18.8 Å². The summed E-state index contributed by atoms with van der Waals surface area (Å²) in [4.78, 5) is 14.0. The van der Waals surface area contributed by atoms with Gasteiger partial charge in [-0.3, -0.25) is 4.79 Å². The molecule has 3 aliphatic rings. The van der Waals surface area contributed by atoms with Crippen LogP contribution in [0.1, 0.15) is 32.1 Å². The molecule has 1 aliphatic heterocycles. The second-order valence-corrected chi connectivity index (χ2v) is 5.23. The molecule has 13 heavy (non-hydrogen) atoms. The lowest BCUT2D eigenvalue weighted by Crippen LogP contribution is -2.40. The van der Waals surface area contributed by atoms with E-state index in [4.69, 9.17) is 0 Å². The summed E-state index contributed by atoms with van der Waals surface area (Å²) in [5.74, 6) is 1.38. The molecule has 2 unspecified atom stereocenters. The molecule has 3 fully saturated rings. The molecule has 0 bridgehead atoms. The van der Waals surface area contributed by atoms with E-state index in [1.165, 1.54) is 25.8 Å². The lowest BCUT2D eigenvalue weighted by molar-refractivity contribution is -0.124. The molecule has 2 atom stereocenters. The van der Waals surface area contributed by atoms with E-state index >= 15 is 0 Å². The van der Waals surface area contributed by atoms with Gasteiger partial charge in [-0.05, 0) is 44.2 Å². The van der Waals surface area contributed by atoms with Crippen LogP contribution in [0.3, 0.4) is 0 Å². The van der Waals surface area contributed by atoms with Gasteiger partial charge < -0.3 is 4.90 Å². The lowest BCUT2D eigenvalue weighted by Gasteiger charge is -2.35. The van der Waals surface area contributed by atoms with Crippen molar-refractivity contribution in [3.05, 3.63) is 0 Å². The highest BCUT2D eigenvalue weighted by Gasteiger charge is 2.57. The number of nitrogens with zero attached hydrogens (tertiary/aromatic N) is 1. The molecular formula is C11H17NO. The van der Waals surface area contributed by atoms with Crippen molar-refractivity contribution in [2.75, 3.05) is 13.6 Å². The van der Waals surface area contributed by atoms with E-state index in [1.807, 2.05) is 0 Å². The Hall–Kier alpha value is -0.370. The van der Waals surface area contributed by atoms with Crippen LogP contribution in [0.15, 0.2) is 0 Å². The van der Waals surface area contributed by atoms with E-state index in [9.17, 15) is 4.79 Å². The number of carbonyl (C=O) groups is 1. The summed E-state index contributed by atoms with van der Waals surface area (Å²) in [6, 6.07) is 0.601. The minimum Gasteiger partial charge on any atom is -0.303 e. The quantitative estimate of drug-likeness (QED) is 0.561. The molecule has 0 radical (unpaired) electrons. The number of fused-ring (bicyclic) bond motifs is 2. The van der Waals surface area contributed by atoms with E-state index < -0.39 is 0 Å². The first-order chi connectivity index (χ1) is 6.21. The molecule has 0 aromatic rings. The normalized spacial score (nSPS) is 42.4. The van der Waals surface area contributed by atoms with Gasteiger partial charge in [-0.25, -0.2) is 0 Å². The van der Waals surface area contributed by atoms with Crippen LogP contribution in [-0.2, 0) is 4.79 Å². The Morgan fingerprint density at radius 2 is 2.23 bits per heavy atom. The molecule has 2 saturated carbocycles. The van der Waals surface area contributed by atoms with E-state index in [1.54, 1.807) is 0 Å². The summed E-state index contributed by atoms with van der Waals surface area (Å²) in [6.07, 6.45) is 5.74. The average Bonchev–Trinajstić information content (AvgIpc) is 2.73. The number of Topliss-reactive ketones (excluding diaryl/α,β-unsaturated/α-hetero) is 1. The Morgan fingerprint density at radius 1 is 1.46 bits per heavy atom. The first kappa shape index (κ1) is 7.98. The highest BCUT2D eigenvalue weighted by atomic mass is 16.1. The molecule has 0 N–H and O–H groups in total. The van der Waals surface area contributed by atoms with Crippen molar-refractivity contribution < 1.29 is 4.79 Å². The SMILES string of the molecule is CN1CCC2C1CC(=O)CC21CC1. The molecule has 1 saturated heterocycles. The third kappa shape index (κ3) is 1.01. The van der Waals surface area contributed by atoms with Crippen molar-refractivity contribution in [1.82, 2.24) is 4.90 Å². The first-order valence-corrected chi connectivity index (χ1v) is 5.43. The van der Waals surface area contributed by atoms with Crippen LogP contribution >= 0.6 is 0 Å². The maximum Gasteiger partial charge on any atom is 0.135 e. The Kier molecular flexibility index (Phi) is 1.44. The van der Waals surface area contributed by atoms with Gasteiger partial charge in [-0.15, -0.1) is 0 Å². The Balaban J connectivity index is 1.90. The van der Waals surface area contributed by atoms with Gasteiger partial charge in [0.25, 0.3) is 0 Å². The summed E-state index contributed by atoms with van der Waals surface area (Å²) >= 11 is 0. The molecule has 72 valence electrons. The minimum atomic E-state index is 0.491. The monoisotopic (exact) mass is 179 g/mol. The van der Waals surface area contributed by atoms with Crippen LogP contribution in [0.25, 0.3) is 0 Å². The largest absolute Gasteiger partial charge is 0.303 e. The topological polar surface area (TPSA) is 20.3 Å². The molecule has 2 nitrogen and oxygen atoms in total. The van der Waals surface area contributed by atoms with Gasteiger partial charge in [-0.2, -0.15) is 0 Å². The van der Waals surface area contributed by atoms with Crippen molar-refractivity contribution in [1.29, 1.82) is 0 Å². The fourth-order valence-corrected chi connectivity index (χ4v) is 3.56. The van der Waals surface area contributed by atoms with Crippen LogP contribution in [0, 0.1) is 11.3 Å². The number of carbonyl (C=O) groups excluding carboxylic acids is 1. The number of ketones is 1. The molecule has 2 heteroatoms. The summed E-state index contributed by atoms with van der Waals surface area (Å²) in [5, 5.41) is 0. The molecule has 0 aromatic heterocycles. The predicted molar refractivity (Wildman–Crippen MR) is 50.4 cm³/mol. The van der Waals surface area contributed by atoms with Gasteiger partial charge in [0.2, 0.25) is 0 Å². The van der Waals surface area contributed by atoms with Crippen LogP contribution < -0.4 is 0 Å². The van der Waals surface area contributed by atoms with E-state index in [2.05, 4.69) is 11.9 Å². The molecular weight excluding hydrogens is 162 g/mol. The van der Waals surface area contributed by atoms with Crippen molar-refractivity contribution in [3.63, 3.8) is 0 Å². The van der Waals surface area contributed by atoms with Crippen molar-refractivity contribution in [2.45, 2.75) is 38.1 Å². The third-order valence-corrected chi connectivity index (χ3v) is 4.49. The molecule has 2 aliphatic carbocycles. The number of likely N-dealkylation sites (tertiary alicyclic amines) is 1. The zero-order valence-corrected chi connectivity index (χ0v) is 8.25. The minimum absolute atomic E-state index is 0.491. The second-order valence-electron chi connectivity index (χ2n) is 5.23. The maximum absolute atomic E-state index is 11.6. The van der Waals surface area contributed by atoms with Crippen molar-refractivity contribution in [3.8, 4) is 0 Å². The van der Waals surface area contributed by atoms with Crippen molar-refractivity contribution in [2.24, 2.45) is 11.3 Å². The molecule has 0 amide bonds. The van der Waals surface area contributed by atoms with Crippen LogP contribution in [0.5, 0.6) is 0 Å². The number of hydrogen-bond donors (Lipinski definition) is 0. The fourth-order valence-electron chi connectivity index (χ4n) is 3.56. The number of rotatable bonds is 0. The number of hydrogen-bond acceptors (Lipinski definition) is 2. The summed E-state index contributed by atoms with van der Waals surface area (Å²) < 4.78 is 0. The van der Waals surface area contributed by atoms with Gasteiger partial charge in [0.05, 0.1) is 0 Å². The van der Waals surface area contributed by atoms with Gasteiger partial charge in [0.1, 0.15) is 5.78 Å². The van der Waals surface area contributed by atoms with Gasteiger partial charge in [0.15, 0.2) is 0 Å². The molecule has 3 rings (SSSR count). The predicted octanol–water partition coefficient (Wildman–Crippen LogP) is 1.45. The highest BCUT2D eigenvalue weighted by molar-refractivity contribution is 5.81. The molecule has 1 heterocycles. The Labute approximate surface area is 79.3 Å². The average molecular weight is 179 g/mol. The standard InChI is InChI=1S/C11H17NO/c1-12-5-2-9-10(12)6-8(13)7-11(9)3-4-11/h9-10H,2-7H2,1H3. The van der Waals surface area contributed by atoms with Gasteiger partial charge in [-0.1, -0.05) is 0 Å². The summed E-state index contributed by atoms with van der Waals surface area (Å²) in [5.41, 5.74) is 0.491. The van der Waals surface area contributed by atoms with Crippen LogP contribution in [0.4, 0.5) is 0 Å². The highest BCUT2D eigenvalue weighted by Crippen LogP contribution is 2.61. The van der Waals surface area contributed by atoms with E-state index in [-0.39, 0.29) is 0 Å². The summed E-state index contributed by atoms with van der Waals surface area (Å²) in [7, 11) is 2.18.